The third-order valence-electron chi connectivity index (χ3n) is 4.01. The number of ether oxygens (including phenoxy) is 1. The fourth-order valence-corrected chi connectivity index (χ4v) is 2.63. The molecule has 0 spiro atoms. The second-order valence-corrected chi connectivity index (χ2v) is 5.98. The number of carbonyl (C=O) groups is 1. The molecule has 0 saturated heterocycles. The Labute approximate surface area is 119 Å². The molecule has 0 aliphatic carbocycles. The van der Waals surface area contributed by atoms with E-state index in [4.69, 9.17) is 4.74 Å². The van der Waals surface area contributed by atoms with Crippen LogP contribution < -0.4 is 0 Å². The van der Waals surface area contributed by atoms with Crippen LogP contribution >= 0.6 is 0 Å². The van der Waals surface area contributed by atoms with Crippen molar-refractivity contribution in [3.05, 3.63) is 35.1 Å². The summed E-state index contributed by atoms with van der Waals surface area (Å²) in [5.74, 6) is -0.0438. The molecule has 0 saturated carbocycles. The second kappa shape index (κ2) is 5.92. The molecule has 1 heterocycles. The van der Waals surface area contributed by atoms with Crippen molar-refractivity contribution >= 4 is 5.91 Å². The van der Waals surface area contributed by atoms with Gasteiger partial charge in [-0.05, 0) is 30.0 Å². The van der Waals surface area contributed by atoms with Crippen LogP contribution in [0.4, 0.5) is 4.39 Å². The van der Waals surface area contributed by atoms with Gasteiger partial charge in [0.25, 0.3) is 0 Å². The predicted molar refractivity (Wildman–Crippen MR) is 75.8 cm³/mol. The maximum atomic E-state index is 13.7. The largest absolute Gasteiger partial charge is 0.385 e. The summed E-state index contributed by atoms with van der Waals surface area (Å²) >= 11 is 0. The Balaban J connectivity index is 2.11. The van der Waals surface area contributed by atoms with Gasteiger partial charge in [0.2, 0.25) is 5.91 Å². The van der Waals surface area contributed by atoms with Crippen molar-refractivity contribution in [1.29, 1.82) is 0 Å². The average molecular weight is 279 g/mol. The molecule has 1 aliphatic heterocycles. The molecule has 0 N–H and O–H groups in total. The molecule has 0 unspecified atom stereocenters. The number of methoxy groups -OCH3 is 1. The number of amides is 1. The Bertz CT molecular complexity index is 499. The van der Waals surface area contributed by atoms with Crippen molar-refractivity contribution in [1.82, 2.24) is 4.90 Å². The summed E-state index contributed by atoms with van der Waals surface area (Å²) in [7, 11) is 1.64. The molecule has 0 fully saturated rings. The summed E-state index contributed by atoms with van der Waals surface area (Å²) in [6, 6.07) is 5.09. The van der Waals surface area contributed by atoms with E-state index >= 15 is 0 Å². The van der Waals surface area contributed by atoms with E-state index in [0.29, 0.717) is 32.5 Å². The number of rotatable bonds is 4. The van der Waals surface area contributed by atoms with Gasteiger partial charge in [-0.1, -0.05) is 26.0 Å². The van der Waals surface area contributed by atoms with E-state index < -0.39 is 5.41 Å². The summed E-state index contributed by atoms with van der Waals surface area (Å²) in [5, 5.41) is 0. The minimum atomic E-state index is -0.444. The molecular formula is C16H22FNO2. The number of fused-ring (bicyclic) bond motifs is 1. The van der Waals surface area contributed by atoms with Crippen LogP contribution in [0.15, 0.2) is 18.2 Å². The van der Waals surface area contributed by atoms with Crippen molar-refractivity contribution < 1.29 is 13.9 Å². The van der Waals surface area contributed by atoms with Gasteiger partial charge < -0.3 is 9.64 Å². The first-order valence-corrected chi connectivity index (χ1v) is 7.00. The monoisotopic (exact) mass is 279 g/mol. The number of nitrogens with zero attached hydrogens (tertiary/aromatic N) is 1. The smallest absolute Gasteiger partial charge is 0.228 e. The summed E-state index contributed by atoms with van der Waals surface area (Å²) < 4.78 is 18.7. The van der Waals surface area contributed by atoms with E-state index in [-0.39, 0.29) is 11.7 Å². The normalized spacial score (nSPS) is 15.1. The van der Waals surface area contributed by atoms with Gasteiger partial charge >= 0.3 is 0 Å². The zero-order valence-electron chi connectivity index (χ0n) is 12.4. The first-order valence-electron chi connectivity index (χ1n) is 7.00. The first-order chi connectivity index (χ1) is 9.45. The number of carbonyl (C=O) groups excluding carboxylic acids is 1. The van der Waals surface area contributed by atoms with Crippen molar-refractivity contribution in [2.45, 2.75) is 33.2 Å². The van der Waals surface area contributed by atoms with Crippen molar-refractivity contribution in [2.75, 3.05) is 20.3 Å². The highest BCUT2D eigenvalue weighted by Gasteiger charge is 2.33. The molecule has 2 rings (SSSR count). The lowest BCUT2D eigenvalue weighted by Crippen LogP contribution is -2.44. The molecule has 1 aliphatic rings. The molecule has 0 atom stereocenters. The van der Waals surface area contributed by atoms with E-state index in [9.17, 15) is 9.18 Å². The minimum absolute atomic E-state index is 0.115. The van der Waals surface area contributed by atoms with Gasteiger partial charge in [-0.2, -0.15) is 0 Å². The number of hydrogen-bond donors (Lipinski definition) is 0. The number of benzene rings is 1. The maximum Gasteiger partial charge on any atom is 0.228 e. The molecule has 20 heavy (non-hydrogen) atoms. The SMILES string of the molecule is COCCC(C)(C)C(=O)N1CCc2c(F)cccc2C1. The van der Waals surface area contributed by atoms with Gasteiger partial charge in [-0.15, -0.1) is 0 Å². The molecule has 1 aromatic rings. The molecular weight excluding hydrogens is 257 g/mol. The van der Waals surface area contributed by atoms with Crippen LogP contribution in [0.5, 0.6) is 0 Å². The lowest BCUT2D eigenvalue weighted by molar-refractivity contribution is -0.142. The van der Waals surface area contributed by atoms with E-state index in [1.807, 2.05) is 24.8 Å². The van der Waals surface area contributed by atoms with Crippen LogP contribution in [0.1, 0.15) is 31.4 Å². The van der Waals surface area contributed by atoms with Gasteiger partial charge in [0.15, 0.2) is 0 Å². The third-order valence-corrected chi connectivity index (χ3v) is 4.01. The number of halogens is 1. The van der Waals surface area contributed by atoms with Gasteiger partial charge in [0.1, 0.15) is 5.82 Å². The zero-order valence-corrected chi connectivity index (χ0v) is 12.4. The predicted octanol–water partition coefficient (Wildman–Crippen LogP) is 2.77. The Morgan fingerprint density at radius 2 is 2.20 bits per heavy atom. The molecule has 1 amide bonds. The minimum Gasteiger partial charge on any atom is -0.385 e. The average Bonchev–Trinajstić information content (AvgIpc) is 2.44. The lowest BCUT2D eigenvalue weighted by atomic mass is 9.86. The maximum absolute atomic E-state index is 13.7. The summed E-state index contributed by atoms with van der Waals surface area (Å²) in [4.78, 5) is 14.4. The molecule has 1 aromatic carbocycles. The van der Waals surface area contributed by atoms with Crippen molar-refractivity contribution in [2.24, 2.45) is 5.41 Å². The van der Waals surface area contributed by atoms with E-state index in [1.54, 1.807) is 13.2 Å². The fraction of sp³-hybridized carbons (Fsp3) is 0.562. The summed E-state index contributed by atoms with van der Waals surface area (Å²) in [5.41, 5.74) is 1.24. The summed E-state index contributed by atoms with van der Waals surface area (Å²) in [6.45, 7) is 5.54. The Morgan fingerprint density at radius 3 is 2.90 bits per heavy atom. The van der Waals surface area contributed by atoms with Gasteiger partial charge in [-0.3, -0.25) is 4.79 Å². The molecule has 4 heteroatoms. The standard InChI is InChI=1S/C16H22FNO2/c1-16(2,8-10-20-3)15(19)18-9-7-13-12(11-18)5-4-6-14(13)17/h4-6H,7-11H2,1-3H3. The topological polar surface area (TPSA) is 29.5 Å². The van der Waals surface area contributed by atoms with Gasteiger partial charge in [0.05, 0.1) is 0 Å². The van der Waals surface area contributed by atoms with E-state index in [2.05, 4.69) is 0 Å². The highest BCUT2D eigenvalue weighted by atomic mass is 19.1. The lowest BCUT2D eigenvalue weighted by Gasteiger charge is -2.35. The van der Waals surface area contributed by atoms with Gasteiger partial charge in [0, 0.05) is 32.2 Å². The van der Waals surface area contributed by atoms with Gasteiger partial charge in [-0.25, -0.2) is 4.39 Å². The van der Waals surface area contributed by atoms with Crippen LogP contribution in [-0.2, 0) is 22.5 Å². The third kappa shape index (κ3) is 3.01. The second-order valence-electron chi connectivity index (χ2n) is 5.98. The van der Waals surface area contributed by atoms with Crippen LogP contribution in [0.3, 0.4) is 0 Å². The molecule has 0 radical (unpaired) electrons. The van der Waals surface area contributed by atoms with Crippen molar-refractivity contribution in [3.8, 4) is 0 Å². The van der Waals surface area contributed by atoms with E-state index in [1.165, 1.54) is 6.07 Å². The van der Waals surface area contributed by atoms with Crippen LogP contribution in [-0.4, -0.2) is 31.1 Å². The highest BCUT2D eigenvalue weighted by molar-refractivity contribution is 5.82. The highest BCUT2D eigenvalue weighted by Crippen LogP contribution is 2.28. The zero-order chi connectivity index (χ0) is 14.8. The molecule has 110 valence electrons. The van der Waals surface area contributed by atoms with Crippen LogP contribution in [0, 0.1) is 11.2 Å². The molecule has 0 bridgehead atoms. The Kier molecular flexibility index (Phi) is 4.43. The van der Waals surface area contributed by atoms with E-state index in [0.717, 1.165) is 11.1 Å². The quantitative estimate of drug-likeness (QED) is 0.848. The first kappa shape index (κ1) is 15.0. The fourth-order valence-electron chi connectivity index (χ4n) is 2.63. The Hall–Kier alpha value is -1.42. The van der Waals surface area contributed by atoms with Crippen LogP contribution in [0.25, 0.3) is 0 Å². The molecule has 3 nitrogen and oxygen atoms in total. The summed E-state index contributed by atoms with van der Waals surface area (Å²) in [6.07, 6.45) is 1.28. The molecule has 0 aromatic heterocycles. The Morgan fingerprint density at radius 1 is 1.45 bits per heavy atom. The van der Waals surface area contributed by atoms with Crippen molar-refractivity contribution in [3.63, 3.8) is 0 Å². The van der Waals surface area contributed by atoms with Crippen LogP contribution in [0.2, 0.25) is 0 Å². The number of hydrogen-bond acceptors (Lipinski definition) is 2.